The molecule has 0 unspecified atom stereocenters. The number of nitrogens with two attached hydrogens (primary N) is 1. The van der Waals surface area contributed by atoms with E-state index in [2.05, 4.69) is 9.97 Å². The van der Waals surface area contributed by atoms with E-state index in [0.717, 1.165) is 11.3 Å². The van der Waals surface area contributed by atoms with E-state index < -0.39 is 0 Å². The molecule has 0 spiro atoms. The van der Waals surface area contributed by atoms with Crippen molar-refractivity contribution in [2.24, 2.45) is 5.73 Å². The molecule has 3 rings (SSSR count). The van der Waals surface area contributed by atoms with Gasteiger partial charge in [-0.3, -0.25) is 4.79 Å². The van der Waals surface area contributed by atoms with E-state index in [4.69, 9.17) is 5.73 Å². The van der Waals surface area contributed by atoms with Crippen molar-refractivity contribution in [1.29, 1.82) is 0 Å². The molecule has 1 aromatic carbocycles. The van der Waals surface area contributed by atoms with Crippen molar-refractivity contribution in [2.45, 2.75) is 6.54 Å². The van der Waals surface area contributed by atoms with Gasteiger partial charge in [-0.05, 0) is 23.8 Å². The molecule has 0 fully saturated rings. The van der Waals surface area contributed by atoms with Gasteiger partial charge in [-0.15, -0.1) is 0 Å². The number of nitrogens with one attached hydrogen (secondary N) is 1. The zero-order valence-electron chi connectivity index (χ0n) is 9.63. The van der Waals surface area contributed by atoms with Gasteiger partial charge in [0.2, 0.25) is 0 Å². The standard InChI is InChI=1S/C13H12N4O/c14-7-9-1-3-10(4-2-9)17-6-5-11-12(17)15-8-16-13(11)18/h1-6,8H,7,14H2,(H,15,16,18). The SMILES string of the molecule is NCc1ccc(-n2ccc3c(=O)[nH]cnc32)cc1. The third-order valence-corrected chi connectivity index (χ3v) is 2.94. The molecule has 0 saturated carbocycles. The van der Waals surface area contributed by atoms with Gasteiger partial charge in [0, 0.05) is 18.4 Å². The predicted molar refractivity (Wildman–Crippen MR) is 69.6 cm³/mol. The Hall–Kier alpha value is -2.40. The third-order valence-electron chi connectivity index (χ3n) is 2.94. The fourth-order valence-electron chi connectivity index (χ4n) is 1.96. The molecule has 0 aliphatic rings. The molecule has 18 heavy (non-hydrogen) atoms. The van der Waals surface area contributed by atoms with E-state index in [1.54, 1.807) is 6.07 Å². The first-order chi connectivity index (χ1) is 8.79. The fourth-order valence-corrected chi connectivity index (χ4v) is 1.96. The minimum absolute atomic E-state index is 0.127. The number of aromatic amines is 1. The highest BCUT2D eigenvalue weighted by atomic mass is 16.1. The first-order valence-corrected chi connectivity index (χ1v) is 5.64. The number of benzene rings is 1. The van der Waals surface area contributed by atoms with Crippen LogP contribution in [0.3, 0.4) is 0 Å². The molecule has 2 aromatic heterocycles. The highest BCUT2D eigenvalue weighted by molar-refractivity contribution is 5.76. The Balaban J connectivity index is 2.19. The molecule has 0 radical (unpaired) electrons. The van der Waals surface area contributed by atoms with Crippen LogP contribution < -0.4 is 11.3 Å². The highest BCUT2D eigenvalue weighted by Crippen LogP contribution is 2.16. The van der Waals surface area contributed by atoms with Crippen LogP contribution in [0.25, 0.3) is 16.7 Å². The van der Waals surface area contributed by atoms with Crippen molar-refractivity contribution < 1.29 is 0 Å². The summed E-state index contributed by atoms with van der Waals surface area (Å²) in [5.74, 6) is 0. The summed E-state index contributed by atoms with van der Waals surface area (Å²) < 4.78 is 1.88. The normalized spacial score (nSPS) is 10.9. The molecular weight excluding hydrogens is 228 g/mol. The van der Waals surface area contributed by atoms with Crippen LogP contribution in [-0.4, -0.2) is 14.5 Å². The summed E-state index contributed by atoms with van der Waals surface area (Å²) in [5.41, 5.74) is 8.12. The van der Waals surface area contributed by atoms with Crippen LogP contribution in [0.2, 0.25) is 0 Å². The highest BCUT2D eigenvalue weighted by Gasteiger charge is 2.06. The maximum absolute atomic E-state index is 11.6. The lowest BCUT2D eigenvalue weighted by atomic mass is 10.2. The average molecular weight is 240 g/mol. The minimum atomic E-state index is -0.127. The molecule has 0 bridgehead atoms. The van der Waals surface area contributed by atoms with E-state index in [1.165, 1.54) is 6.33 Å². The topological polar surface area (TPSA) is 76.7 Å². The van der Waals surface area contributed by atoms with Gasteiger partial charge < -0.3 is 15.3 Å². The van der Waals surface area contributed by atoms with Crippen LogP contribution in [-0.2, 0) is 6.54 Å². The summed E-state index contributed by atoms with van der Waals surface area (Å²) in [5, 5.41) is 0.584. The average Bonchev–Trinajstić information content (AvgIpc) is 2.84. The second-order valence-electron chi connectivity index (χ2n) is 4.03. The van der Waals surface area contributed by atoms with Gasteiger partial charge in [-0.25, -0.2) is 4.98 Å². The van der Waals surface area contributed by atoms with Gasteiger partial charge in [-0.2, -0.15) is 0 Å². The van der Waals surface area contributed by atoms with Crippen molar-refractivity contribution >= 4 is 11.0 Å². The lowest BCUT2D eigenvalue weighted by Crippen LogP contribution is -2.06. The Bertz CT molecular complexity index is 740. The van der Waals surface area contributed by atoms with E-state index >= 15 is 0 Å². The summed E-state index contributed by atoms with van der Waals surface area (Å²) in [4.78, 5) is 18.4. The van der Waals surface area contributed by atoms with Gasteiger partial charge in [-0.1, -0.05) is 12.1 Å². The molecule has 0 saturated heterocycles. The second-order valence-corrected chi connectivity index (χ2v) is 4.03. The Morgan fingerprint density at radius 3 is 2.72 bits per heavy atom. The first kappa shape index (κ1) is 10.7. The van der Waals surface area contributed by atoms with Crippen LogP contribution in [0.15, 0.2) is 47.7 Å². The molecule has 3 N–H and O–H groups in total. The largest absolute Gasteiger partial charge is 0.326 e. The summed E-state index contributed by atoms with van der Waals surface area (Å²) in [6.07, 6.45) is 3.25. The van der Waals surface area contributed by atoms with Gasteiger partial charge in [0.05, 0.1) is 11.7 Å². The van der Waals surface area contributed by atoms with Crippen molar-refractivity contribution in [2.75, 3.05) is 0 Å². The summed E-state index contributed by atoms with van der Waals surface area (Å²) in [6, 6.07) is 9.62. The molecule has 5 nitrogen and oxygen atoms in total. The number of nitrogens with zero attached hydrogens (tertiary/aromatic N) is 2. The van der Waals surface area contributed by atoms with Crippen molar-refractivity contribution in [1.82, 2.24) is 14.5 Å². The lowest BCUT2D eigenvalue weighted by molar-refractivity contribution is 1.04. The Morgan fingerprint density at radius 2 is 2.00 bits per heavy atom. The zero-order valence-corrected chi connectivity index (χ0v) is 9.63. The Kier molecular flexibility index (Phi) is 2.46. The molecule has 90 valence electrons. The number of hydrogen-bond donors (Lipinski definition) is 2. The summed E-state index contributed by atoms with van der Waals surface area (Å²) in [7, 11) is 0. The number of aromatic nitrogens is 3. The molecular formula is C13H12N4O. The van der Waals surface area contributed by atoms with Crippen molar-refractivity contribution in [3.63, 3.8) is 0 Å². The molecule has 0 atom stereocenters. The molecule has 2 heterocycles. The van der Waals surface area contributed by atoms with Crippen LogP contribution in [0, 0.1) is 0 Å². The molecule has 3 aromatic rings. The Morgan fingerprint density at radius 1 is 1.22 bits per heavy atom. The number of H-pyrrole nitrogens is 1. The van der Waals surface area contributed by atoms with Gasteiger partial charge in [0.1, 0.15) is 0 Å². The maximum Gasteiger partial charge on any atom is 0.260 e. The lowest BCUT2D eigenvalue weighted by Gasteiger charge is -2.05. The van der Waals surface area contributed by atoms with Crippen LogP contribution in [0.1, 0.15) is 5.56 Å². The quantitative estimate of drug-likeness (QED) is 0.706. The monoisotopic (exact) mass is 240 g/mol. The van der Waals surface area contributed by atoms with Crippen LogP contribution in [0.5, 0.6) is 0 Å². The molecule has 0 aliphatic carbocycles. The fraction of sp³-hybridized carbons (Fsp3) is 0.0769. The smallest absolute Gasteiger partial charge is 0.260 e. The van der Waals surface area contributed by atoms with Gasteiger partial charge in [0.25, 0.3) is 5.56 Å². The second kappa shape index (κ2) is 4.12. The minimum Gasteiger partial charge on any atom is -0.326 e. The molecule has 0 amide bonds. The van der Waals surface area contributed by atoms with Gasteiger partial charge >= 0.3 is 0 Å². The Labute approximate surface area is 103 Å². The zero-order chi connectivity index (χ0) is 12.5. The van der Waals surface area contributed by atoms with Gasteiger partial charge in [0.15, 0.2) is 5.65 Å². The third kappa shape index (κ3) is 1.61. The van der Waals surface area contributed by atoms with E-state index in [0.29, 0.717) is 17.6 Å². The molecule has 5 heteroatoms. The first-order valence-electron chi connectivity index (χ1n) is 5.64. The molecule has 0 aliphatic heterocycles. The number of rotatable bonds is 2. The summed E-state index contributed by atoms with van der Waals surface area (Å²) in [6.45, 7) is 0.518. The summed E-state index contributed by atoms with van der Waals surface area (Å²) >= 11 is 0. The maximum atomic E-state index is 11.6. The van der Waals surface area contributed by atoms with Crippen molar-refractivity contribution in [3.05, 3.63) is 58.8 Å². The predicted octanol–water partition coefficient (Wildman–Crippen LogP) is 1.17. The number of hydrogen-bond acceptors (Lipinski definition) is 3. The van der Waals surface area contributed by atoms with E-state index in [-0.39, 0.29) is 5.56 Å². The number of fused-ring (bicyclic) bond motifs is 1. The van der Waals surface area contributed by atoms with Crippen LogP contribution in [0.4, 0.5) is 0 Å². The van der Waals surface area contributed by atoms with Crippen LogP contribution >= 0.6 is 0 Å². The van der Waals surface area contributed by atoms with Crippen molar-refractivity contribution in [3.8, 4) is 5.69 Å². The van der Waals surface area contributed by atoms with E-state index in [9.17, 15) is 4.79 Å². The van der Waals surface area contributed by atoms with E-state index in [1.807, 2.05) is 35.0 Å².